The zero-order valence-corrected chi connectivity index (χ0v) is 19.6. The number of fused-ring (bicyclic) bond motifs is 1. The fourth-order valence-electron chi connectivity index (χ4n) is 3.86. The maximum absolute atomic E-state index is 6.01. The fraction of sp³-hybridized carbons (Fsp3) is 0.667. The predicted molar refractivity (Wildman–Crippen MR) is 125 cm³/mol. The van der Waals surface area contributed by atoms with Crippen LogP contribution in [-0.2, 0) is 11.2 Å². The summed E-state index contributed by atoms with van der Waals surface area (Å²) in [7, 11) is 1.83. The third-order valence-electron chi connectivity index (χ3n) is 5.25. The van der Waals surface area contributed by atoms with Crippen LogP contribution in [0.5, 0.6) is 5.75 Å². The minimum atomic E-state index is 0. The second-order valence-corrected chi connectivity index (χ2v) is 7.82. The number of aliphatic imine (C=N–C) groups is 1. The summed E-state index contributed by atoms with van der Waals surface area (Å²) in [6.45, 7) is 9.91. The largest absolute Gasteiger partial charge is 0.488 e. The number of para-hydroxylation sites is 1. The Labute approximate surface area is 186 Å². The van der Waals surface area contributed by atoms with Crippen LogP contribution < -0.4 is 15.4 Å². The van der Waals surface area contributed by atoms with Gasteiger partial charge in [-0.3, -0.25) is 9.89 Å². The second kappa shape index (κ2) is 11.8. The van der Waals surface area contributed by atoms with Crippen LogP contribution in [0.25, 0.3) is 0 Å². The number of nitrogens with one attached hydrogen (secondary N) is 2. The van der Waals surface area contributed by atoms with Gasteiger partial charge in [0, 0.05) is 39.1 Å². The van der Waals surface area contributed by atoms with Gasteiger partial charge in [0.2, 0.25) is 0 Å². The van der Waals surface area contributed by atoms with E-state index in [4.69, 9.17) is 9.47 Å². The molecule has 0 radical (unpaired) electrons. The highest BCUT2D eigenvalue weighted by Gasteiger charge is 2.24. The molecule has 2 heterocycles. The van der Waals surface area contributed by atoms with Crippen molar-refractivity contribution in [1.29, 1.82) is 0 Å². The first-order valence-electron chi connectivity index (χ1n) is 10.2. The average molecular weight is 502 g/mol. The van der Waals surface area contributed by atoms with E-state index in [1.807, 2.05) is 19.2 Å². The maximum atomic E-state index is 6.01. The maximum Gasteiger partial charge on any atom is 0.191 e. The Hall–Kier alpha value is -1.06. The van der Waals surface area contributed by atoms with Crippen molar-refractivity contribution in [2.75, 3.05) is 46.4 Å². The van der Waals surface area contributed by atoms with E-state index < -0.39 is 0 Å². The number of hydrogen-bond acceptors (Lipinski definition) is 4. The van der Waals surface area contributed by atoms with Gasteiger partial charge < -0.3 is 20.1 Å². The Morgan fingerprint density at radius 2 is 1.96 bits per heavy atom. The molecule has 0 aromatic heterocycles. The highest BCUT2D eigenvalue weighted by atomic mass is 127. The minimum absolute atomic E-state index is 0. The summed E-state index contributed by atoms with van der Waals surface area (Å²) in [6.07, 6.45) is 2.28. The molecule has 1 aromatic rings. The van der Waals surface area contributed by atoms with Crippen LogP contribution in [0.2, 0.25) is 0 Å². The lowest BCUT2D eigenvalue weighted by Gasteiger charge is -2.35. The van der Waals surface area contributed by atoms with Crippen molar-refractivity contribution in [3.63, 3.8) is 0 Å². The van der Waals surface area contributed by atoms with Crippen LogP contribution in [0.1, 0.15) is 25.8 Å². The number of guanidine groups is 1. The van der Waals surface area contributed by atoms with Gasteiger partial charge in [-0.05, 0) is 24.0 Å². The quantitative estimate of drug-likeness (QED) is 0.341. The molecule has 2 N–H and O–H groups in total. The van der Waals surface area contributed by atoms with Crippen molar-refractivity contribution in [3.8, 4) is 5.75 Å². The van der Waals surface area contributed by atoms with E-state index in [1.54, 1.807) is 0 Å². The van der Waals surface area contributed by atoms with Gasteiger partial charge in [0.05, 0.1) is 19.8 Å². The lowest BCUT2D eigenvalue weighted by molar-refractivity contribution is 0.0132. The molecule has 0 aliphatic carbocycles. The number of morpholine rings is 1. The van der Waals surface area contributed by atoms with Crippen molar-refractivity contribution in [1.82, 2.24) is 15.5 Å². The summed E-state index contributed by atoms with van der Waals surface area (Å²) in [4.78, 5) is 6.93. The normalized spacial score (nSPS) is 20.9. The summed E-state index contributed by atoms with van der Waals surface area (Å²) < 4.78 is 11.5. The molecule has 1 fully saturated rings. The molecular formula is C21H35IN4O2. The molecule has 0 amide bonds. The third kappa shape index (κ3) is 6.77. The zero-order chi connectivity index (χ0) is 19.1. The van der Waals surface area contributed by atoms with E-state index >= 15 is 0 Å². The second-order valence-electron chi connectivity index (χ2n) is 7.82. The van der Waals surface area contributed by atoms with Crippen LogP contribution in [0.3, 0.4) is 0 Å². The highest BCUT2D eigenvalue weighted by Crippen LogP contribution is 2.27. The topological polar surface area (TPSA) is 58.1 Å². The van der Waals surface area contributed by atoms with E-state index in [9.17, 15) is 0 Å². The third-order valence-corrected chi connectivity index (χ3v) is 5.25. The van der Waals surface area contributed by atoms with Crippen LogP contribution in [0.4, 0.5) is 0 Å². The first kappa shape index (κ1) is 23.2. The molecule has 2 aliphatic rings. The summed E-state index contributed by atoms with van der Waals surface area (Å²) in [5.74, 6) is 2.52. The van der Waals surface area contributed by atoms with Crippen molar-refractivity contribution < 1.29 is 9.47 Å². The number of halogens is 1. The van der Waals surface area contributed by atoms with E-state index in [-0.39, 0.29) is 30.1 Å². The summed E-state index contributed by atoms with van der Waals surface area (Å²) in [6, 6.07) is 8.77. The molecule has 6 nitrogen and oxygen atoms in total. The average Bonchev–Trinajstić information content (AvgIpc) is 3.10. The van der Waals surface area contributed by atoms with Gasteiger partial charge in [-0.15, -0.1) is 24.0 Å². The van der Waals surface area contributed by atoms with E-state index in [1.165, 1.54) is 12.0 Å². The molecule has 0 bridgehead atoms. The zero-order valence-electron chi connectivity index (χ0n) is 17.3. The van der Waals surface area contributed by atoms with Gasteiger partial charge >= 0.3 is 0 Å². The molecule has 158 valence electrons. The fourth-order valence-corrected chi connectivity index (χ4v) is 3.86. The summed E-state index contributed by atoms with van der Waals surface area (Å²) in [5.41, 5.74) is 1.29. The molecule has 7 heteroatoms. The highest BCUT2D eigenvalue weighted by molar-refractivity contribution is 14.0. The molecule has 2 aliphatic heterocycles. The van der Waals surface area contributed by atoms with Crippen LogP contribution >= 0.6 is 24.0 Å². The molecule has 0 spiro atoms. The monoisotopic (exact) mass is 502 g/mol. The summed E-state index contributed by atoms with van der Waals surface area (Å²) >= 11 is 0. The predicted octanol–water partition coefficient (Wildman–Crippen LogP) is 2.52. The van der Waals surface area contributed by atoms with Gasteiger partial charge in [-0.1, -0.05) is 32.0 Å². The number of ether oxygens (including phenoxy) is 2. The van der Waals surface area contributed by atoms with E-state index in [0.717, 1.165) is 57.5 Å². The lowest BCUT2D eigenvalue weighted by Crippen LogP contribution is -2.51. The SMILES string of the molecule is CN=C(NCC1Cc2ccccc2O1)NCC(CC(C)C)N1CCOCC1.I. The molecule has 1 aromatic carbocycles. The minimum Gasteiger partial charge on any atom is -0.488 e. The molecule has 3 rings (SSSR count). The molecule has 28 heavy (non-hydrogen) atoms. The van der Waals surface area contributed by atoms with E-state index in [2.05, 4.69) is 46.5 Å². The number of nitrogens with zero attached hydrogens (tertiary/aromatic N) is 2. The summed E-state index contributed by atoms with van der Waals surface area (Å²) in [5, 5.41) is 6.95. The Balaban J connectivity index is 0.00000280. The Morgan fingerprint density at radius 1 is 1.21 bits per heavy atom. The van der Waals surface area contributed by atoms with Crippen molar-refractivity contribution in [2.24, 2.45) is 10.9 Å². The van der Waals surface area contributed by atoms with Crippen LogP contribution in [0.15, 0.2) is 29.3 Å². The molecule has 0 saturated carbocycles. The first-order valence-corrected chi connectivity index (χ1v) is 10.2. The molecule has 2 unspecified atom stereocenters. The van der Waals surface area contributed by atoms with Crippen LogP contribution in [0, 0.1) is 5.92 Å². The van der Waals surface area contributed by atoms with Crippen molar-refractivity contribution in [3.05, 3.63) is 29.8 Å². The Morgan fingerprint density at radius 3 is 2.64 bits per heavy atom. The van der Waals surface area contributed by atoms with Crippen LogP contribution in [-0.4, -0.2) is 69.4 Å². The first-order chi connectivity index (χ1) is 13.2. The van der Waals surface area contributed by atoms with E-state index in [0.29, 0.717) is 12.0 Å². The molecule has 1 saturated heterocycles. The van der Waals surface area contributed by atoms with Gasteiger partial charge in [0.15, 0.2) is 5.96 Å². The van der Waals surface area contributed by atoms with Gasteiger partial charge in [0.1, 0.15) is 11.9 Å². The van der Waals surface area contributed by atoms with Crippen molar-refractivity contribution in [2.45, 2.75) is 38.8 Å². The van der Waals surface area contributed by atoms with Gasteiger partial charge in [-0.25, -0.2) is 0 Å². The Kier molecular flexibility index (Phi) is 9.81. The Bertz CT molecular complexity index is 595. The van der Waals surface area contributed by atoms with Gasteiger partial charge in [0.25, 0.3) is 0 Å². The smallest absolute Gasteiger partial charge is 0.191 e. The molecule has 2 atom stereocenters. The number of hydrogen-bond donors (Lipinski definition) is 2. The number of rotatable bonds is 7. The lowest BCUT2D eigenvalue weighted by atomic mass is 10.0. The number of benzene rings is 1. The van der Waals surface area contributed by atoms with Crippen molar-refractivity contribution >= 4 is 29.9 Å². The van der Waals surface area contributed by atoms with Gasteiger partial charge in [-0.2, -0.15) is 0 Å². The molecular weight excluding hydrogens is 467 g/mol. The standard InChI is InChI=1S/C21H34N4O2.HI/c1-16(2)12-18(25-8-10-26-11-9-25)14-23-21(22-3)24-15-19-13-17-6-4-5-7-20(17)27-19;/h4-7,16,18-19H,8-15H2,1-3H3,(H2,22,23,24);1H.